The largest absolute Gasteiger partial charge is 0.459 e. The first kappa shape index (κ1) is 8.73. The van der Waals surface area contributed by atoms with Crippen molar-refractivity contribution in [3.8, 4) is 0 Å². The van der Waals surface area contributed by atoms with Crippen LogP contribution in [0.2, 0.25) is 0 Å². The van der Waals surface area contributed by atoms with E-state index >= 15 is 0 Å². The van der Waals surface area contributed by atoms with Gasteiger partial charge in [0.25, 0.3) is 0 Å². The zero-order chi connectivity index (χ0) is 9.64. The standard InChI is InChI=1S/C10H14O3/c1-6(11)7-3-8-4-9(12)13-10(8,2)5-7/h7-8H,3-5H2,1-2H3/t7-,8-,10-/m0/s1. The summed E-state index contributed by atoms with van der Waals surface area (Å²) < 4.78 is 5.26. The molecule has 72 valence electrons. The summed E-state index contributed by atoms with van der Waals surface area (Å²) in [6.45, 7) is 3.57. The SMILES string of the molecule is CC(=O)[C@H]1C[C@H]2CC(=O)O[C@@]2(C)C1. The molecule has 2 fully saturated rings. The van der Waals surface area contributed by atoms with Gasteiger partial charge in [0, 0.05) is 11.8 Å². The molecule has 1 saturated heterocycles. The van der Waals surface area contributed by atoms with E-state index in [4.69, 9.17) is 4.74 Å². The average molecular weight is 182 g/mol. The van der Waals surface area contributed by atoms with Crippen LogP contribution in [-0.4, -0.2) is 17.4 Å². The van der Waals surface area contributed by atoms with E-state index < -0.39 is 0 Å². The molecule has 0 unspecified atom stereocenters. The Morgan fingerprint density at radius 1 is 1.62 bits per heavy atom. The second-order valence-corrected chi connectivity index (χ2v) is 4.44. The molecular formula is C10H14O3. The van der Waals surface area contributed by atoms with Crippen molar-refractivity contribution in [3.63, 3.8) is 0 Å². The van der Waals surface area contributed by atoms with E-state index in [9.17, 15) is 9.59 Å². The van der Waals surface area contributed by atoms with Crippen molar-refractivity contribution in [1.82, 2.24) is 0 Å². The fourth-order valence-electron chi connectivity index (χ4n) is 2.57. The molecule has 0 radical (unpaired) electrons. The predicted molar refractivity (Wildman–Crippen MR) is 46.0 cm³/mol. The lowest BCUT2D eigenvalue weighted by Crippen LogP contribution is -2.26. The van der Waals surface area contributed by atoms with Gasteiger partial charge in [-0.3, -0.25) is 9.59 Å². The van der Waals surface area contributed by atoms with Crippen LogP contribution in [0.4, 0.5) is 0 Å². The molecule has 3 nitrogen and oxygen atoms in total. The number of esters is 1. The number of carbonyl (C=O) groups is 2. The van der Waals surface area contributed by atoms with E-state index in [-0.39, 0.29) is 29.2 Å². The lowest BCUT2D eigenvalue weighted by Gasteiger charge is -2.21. The van der Waals surface area contributed by atoms with Crippen molar-refractivity contribution < 1.29 is 14.3 Å². The highest BCUT2D eigenvalue weighted by molar-refractivity contribution is 5.80. The van der Waals surface area contributed by atoms with Crippen LogP contribution in [0.25, 0.3) is 0 Å². The molecule has 3 atom stereocenters. The molecule has 0 aromatic heterocycles. The maximum absolute atomic E-state index is 11.2. The Balaban J connectivity index is 2.14. The van der Waals surface area contributed by atoms with Gasteiger partial charge in [0.2, 0.25) is 0 Å². The van der Waals surface area contributed by atoms with Gasteiger partial charge < -0.3 is 4.74 Å². The topological polar surface area (TPSA) is 43.4 Å². The summed E-state index contributed by atoms with van der Waals surface area (Å²) in [5.41, 5.74) is -0.340. The number of hydrogen-bond donors (Lipinski definition) is 0. The van der Waals surface area contributed by atoms with Gasteiger partial charge in [-0.15, -0.1) is 0 Å². The minimum Gasteiger partial charge on any atom is -0.459 e. The predicted octanol–water partition coefficient (Wildman–Crippen LogP) is 1.31. The number of ether oxygens (including phenoxy) is 1. The Morgan fingerprint density at radius 2 is 2.31 bits per heavy atom. The molecule has 1 aliphatic heterocycles. The molecule has 13 heavy (non-hydrogen) atoms. The van der Waals surface area contributed by atoms with Crippen molar-refractivity contribution in [2.75, 3.05) is 0 Å². The van der Waals surface area contributed by atoms with Gasteiger partial charge in [-0.1, -0.05) is 0 Å². The minimum atomic E-state index is -0.340. The third kappa shape index (κ3) is 1.26. The number of fused-ring (bicyclic) bond motifs is 1. The van der Waals surface area contributed by atoms with Crippen LogP contribution >= 0.6 is 0 Å². The van der Waals surface area contributed by atoms with Crippen molar-refractivity contribution in [3.05, 3.63) is 0 Å². The van der Waals surface area contributed by atoms with E-state index in [2.05, 4.69) is 0 Å². The molecule has 0 aromatic carbocycles. The second kappa shape index (κ2) is 2.56. The number of Topliss-reactive ketones (excluding diaryl/α,β-unsaturated/α-hetero) is 1. The van der Waals surface area contributed by atoms with E-state index in [1.807, 2.05) is 6.92 Å². The van der Waals surface area contributed by atoms with Gasteiger partial charge in [0.05, 0.1) is 6.42 Å². The van der Waals surface area contributed by atoms with Gasteiger partial charge in [0.15, 0.2) is 0 Å². The Labute approximate surface area is 77.4 Å². The van der Waals surface area contributed by atoms with Crippen LogP contribution < -0.4 is 0 Å². The molecule has 1 aliphatic carbocycles. The third-order valence-corrected chi connectivity index (χ3v) is 3.42. The first-order chi connectivity index (χ1) is 6.01. The fraction of sp³-hybridized carbons (Fsp3) is 0.800. The molecule has 2 rings (SSSR count). The lowest BCUT2D eigenvalue weighted by atomic mass is 9.93. The Kier molecular flexibility index (Phi) is 1.72. The number of carbonyl (C=O) groups excluding carboxylic acids is 2. The third-order valence-electron chi connectivity index (χ3n) is 3.42. The van der Waals surface area contributed by atoms with E-state index in [0.29, 0.717) is 6.42 Å². The molecular weight excluding hydrogens is 168 g/mol. The zero-order valence-corrected chi connectivity index (χ0v) is 8.00. The first-order valence-electron chi connectivity index (χ1n) is 4.73. The Hall–Kier alpha value is -0.860. The molecule has 3 heteroatoms. The average Bonchev–Trinajstić information content (AvgIpc) is 2.38. The highest BCUT2D eigenvalue weighted by atomic mass is 16.6. The van der Waals surface area contributed by atoms with Crippen molar-refractivity contribution in [2.24, 2.45) is 11.8 Å². The normalized spacial score (nSPS) is 43.1. The second-order valence-electron chi connectivity index (χ2n) is 4.44. The van der Waals surface area contributed by atoms with Crippen LogP contribution in [-0.2, 0) is 14.3 Å². The quantitative estimate of drug-likeness (QED) is 0.574. The summed E-state index contributed by atoms with van der Waals surface area (Å²) in [4.78, 5) is 22.2. The van der Waals surface area contributed by atoms with Crippen LogP contribution in [0, 0.1) is 11.8 Å². The maximum Gasteiger partial charge on any atom is 0.306 e. The Bertz CT molecular complexity index is 271. The molecule has 0 aromatic rings. The molecule has 2 aliphatic rings. The smallest absolute Gasteiger partial charge is 0.306 e. The monoisotopic (exact) mass is 182 g/mol. The number of hydrogen-bond acceptors (Lipinski definition) is 3. The van der Waals surface area contributed by atoms with Gasteiger partial charge in [-0.2, -0.15) is 0 Å². The molecule has 0 N–H and O–H groups in total. The zero-order valence-electron chi connectivity index (χ0n) is 8.00. The van der Waals surface area contributed by atoms with Crippen molar-refractivity contribution in [1.29, 1.82) is 0 Å². The van der Waals surface area contributed by atoms with Crippen molar-refractivity contribution in [2.45, 2.75) is 38.7 Å². The number of rotatable bonds is 1. The van der Waals surface area contributed by atoms with Gasteiger partial charge in [0.1, 0.15) is 11.4 Å². The van der Waals surface area contributed by atoms with Crippen LogP contribution in [0.15, 0.2) is 0 Å². The summed E-state index contributed by atoms with van der Waals surface area (Å²) in [6, 6.07) is 0. The van der Waals surface area contributed by atoms with Gasteiger partial charge >= 0.3 is 5.97 Å². The lowest BCUT2D eigenvalue weighted by molar-refractivity contribution is -0.148. The summed E-state index contributed by atoms with van der Waals surface area (Å²) in [6.07, 6.45) is 2.05. The molecule has 1 heterocycles. The maximum atomic E-state index is 11.2. The molecule has 0 bridgehead atoms. The molecule has 0 spiro atoms. The number of ketones is 1. The first-order valence-corrected chi connectivity index (χ1v) is 4.73. The van der Waals surface area contributed by atoms with E-state index in [1.165, 1.54) is 0 Å². The highest BCUT2D eigenvalue weighted by Gasteiger charge is 2.53. The van der Waals surface area contributed by atoms with Gasteiger partial charge in [-0.05, 0) is 26.7 Å². The van der Waals surface area contributed by atoms with Crippen LogP contribution in [0.5, 0.6) is 0 Å². The summed E-state index contributed by atoms with van der Waals surface area (Å²) in [5.74, 6) is 0.512. The molecule has 1 saturated carbocycles. The highest BCUT2D eigenvalue weighted by Crippen LogP contribution is 2.48. The summed E-state index contributed by atoms with van der Waals surface area (Å²) in [7, 11) is 0. The molecule has 0 amide bonds. The summed E-state index contributed by atoms with van der Waals surface area (Å²) in [5, 5.41) is 0. The van der Waals surface area contributed by atoms with E-state index in [1.54, 1.807) is 6.92 Å². The minimum absolute atomic E-state index is 0.102. The Morgan fingerprint density at radius 3 is 2.85 bits per heavy atom. The van der Waals surface area contributed by atoms with Crippen LogP contribution in [0.1, 0.15) is 33.1 Å². The van der Waals surface area contributed by atoms with E-state index in [0.717, 1.165) is 12.8 Å². The summed E-state index contributed by atoms with van der Waals surface area (Å²) >= 11 is 0. The fourth-order valence-corrected chi connectivity index (χ4v) is 2.57. The van der Waals surface area contributed by atoms with Gasteiger partial charge in [-0.25, -0.2) is 0 Å². The van der Waals surface area contributed by atoms with Crippen LogP contribution in [0.3, 0.4) is 0 Å². The van der Waals surface area contributed by atoms with Crippen molar-refractivity contribution >= 4 is 11.8 Å².